The van der Waals surface area contributed by atoms with E-state index in [4.69, 9.17) is 9.47 Å². The number of benzene rings is 2. The lowest BCUT2D eigenvalue weighted by molar-refractivity contribution is -0.143. The summed E-state index contributed by atoms with van der Waals surface area (Å²) >= 11 is 0. The number of carbonyl (C=O) groups is 3. The average Bonchev–Trinajstić information content (AvgIpc) is 2.72. The van der Waals surface area contributed by atoms with Crippen LogP contribution in [0, 0.1) is 5.82 Å². The first-order valence-electron chi connectivity index (χ1n) is 9.06. The van der Waals surface area contributed by atoms with Crippen molar-refractivity contribution in [3.05, 3.63) is 65.5 Å². The summed E-state index contributed by atoms with van der Waals surface area (Å²) in [5.74, 6) is -1.83. The standard InChI is InChI=1S/C21H23FN2O5/c1-3-29-20(26)12-18(14-7-6-8-15(11-14)28-2)24-19(25)13-23-21(27)16-9-4-5-10-17(16)22/h4-11,18H,3,12-13H2,1-2H3,(H,23,27)(H,24,25)/t18-/m1/s1. The van der Waals surface area contributed by atoms with Gasteiger partial charge in [-0.2, -0.15) is 0 Å². The lowest BCUT2D eigenvalue weighted by Gasteiger charge is -2.19. The van der Waals surface area contributed by atoms with E-state index in [1.165, 1.54) is 25.3 Å². The van der Waals surface area contributed by atoms with Gasteiger partial charge in [-0.3, -0.25) is 14.4 Å². The van der Waals surface area contributed by atoms with Gasteiger partial charge in [0.1, 0.15) is 11.6 Å². The second-order valence-corrected chi connectivity index (χ2v) is 6.07. The molecule has 0 saturated heterocycles. The van der Waals surface area contributed by atoms with E-state index < -0.39 is 29.6 Å². The van der Waals surface area contributed by atoms with E-state index in [-0.39, 0.29) is 25.1 Å². The summed E-state index contributed by atoms with van der Waals surface area (Å²) in [7, 11) is 1.51. The average molecular weight is 402 g/mol. The molecule has 0 radical (unpaired) electrons. The third kappa shape index (κ3) is 6.60. The Balaban J connectivity index is 2.05. The molecule has 29 heavy (non-hydrogen) atoms. The highest BCUT2D eigenvalue weighted by Gasteiger charge is 2.20. The van der Waals surface area contributed by atoms with Crippen LogP contribution in [0.2, 0.25) is 0 Å². The minimum absolute atomic E-state index is 0.0893. The van der Waals surface area contributed by atoms with Crippen LogP contribution in [-0.4, -0.2) is 38.0 Å². The maximum atomic E-state index is 13.7. The van der Waals surface area contributed by atoms with Crippen LogP contribution in [0.1, 0.15) is 35.3 Å². The number of esters is 1. The molecule has 0 aromatic heterocycles. The van der Waals surface area contributed by atoms with Crippen molar-refractivity contribution in [2.24, 2.45) is 0 Å². The maximum Gasteiger partial charge on any atom is 0.308 e. The molecule has 2 N–H and O–H groups in total. The molecule has 2 aromatic rings. The lowest BCUT2D eigenvalue weighted by atomic mass is 10.0. The summed E-state index contributed by atoms with van der Waals surface area (Å²) in [6.45, 7) is 1.53. The van der Waals surface area contributed by atoms with Crippen molar-refractivity contribution in [1.29, 1.82) is 0 Å². The van der Waals surface area contributed by atoms with Crippen molar-refractivity contribution < 1.29 is 28.2 Å². The van der Waals surface area contributed by atoms with Gasteiger partial charge in [0.15, 0.2) is 0 Å². The summed E-state index contributed by atoms with van der Waals surface area (Å²) in [5, 5.41) is 5.06. The van der Waals surface area contributed by atoms with Gasteiger partial charge in [-0.15, -0.1) is 0 Å². The van der Waals surface area contributed by atoms with Crippen LogP contribution in [0.5, 0.6) is 5.75 Å². The minimum Gasteiger partial charge on any atom is -0.497 e. The Morgan fingerprint density at radius 3 is 2.55 bits per heavy atom. The highest BCUT2D eigenvalue weighted by atomic mass is 19.1. The summed E-state index contributed by atoms with van der Waals surface area (Å²) < 4.78 is 23.8. The van der Waals surface area contributed by atoms with Crippen molar-refractivity contribution in [3.63, 3.8) is 0 Å². The van der Waals surface area contributed by atoms with Crippen molar-refractivity contribution in [2.45, 2.75) is 19.4 Å². The molecule has 0 fully saturated rings. The van der Waals surface area contributed by atoms with Crippen molar-refractivity contribution >= 4 is 17.8 Å². The molecular formula is C21H23FN2O5. The maximum absolute atomic E-state index is 13.7. The largest absolute Gasteiger partial charge is 0.497 e. The smallest absolute Gasteiger partial charge is 0.308 e. The predicted molar refractivity (Wildman–Crippen MR) is 104 cm³/mol. The number of ether oxygens (including phenoxy) is 2. The van der Waals surface area contributed by atoms with Crippen LogP contribution in [0.25, 0.3) is 0 Å². The predicted octanol–water partition coefficient (Wildman–Crippen LogP) is 2.37. The van der Waals surface area contributed by atoms with Crippen LogP contribution >= 0.6 is 0 Å². The van der Waals surface area contributed by atoms with Crippen LogP contribution < -0.4 is 15.4 Å². The third-order valence-corrected chi connectivity index (χ3v) is 4.04. The third-order valence-electron chi connectivity index (χ3n) is 4.04. The van der Waals surface area contributed by atoms with Gasteiger partial charge in [0, 0.05) is 0 Å². The van der Waals surface area contributed by atoms with Gasteiger partial charge in [-0.1, -0.05) is 24.3 Å². The van der Waals surface area contributed by atoms with E-state index in [2.05, 4.69) is 10.6 Å². The van der Waals surface area contributed by atoms with Gasteiger partial charge in [0.25, 0.3) is 5.91 Å². The molecule has 154 valence electrons. The zero-order valence-electron chi connectivity index (χ0n) is 16.2. The van der Waals surface area contributed by atoms with E-state index in [9.17, 15) is 18.8 Å². The molecule has 0 heterocycles. The zero-order valence-corrected chi connectivity index (χ0v) is 16.2. The van der Waals surface area contributed by atoms with Gasteiger partial charge in [0.2, 0.25) is 5.91 Å². The number of amides is 2. The number of carbonyl (C=O) groups excluding carboxylic acids is 3. The second kappa shape index (κ2) is 10.8. The van der Waals surface area contributed by atoms with Crippen LogP contribution in [0.15, 0.2) is 48.5 Å². The summed E-state index contributed by atoms with van der Waals surface area (Å²) in [4.78, 5) is 36.3. The first-order chi connectivity index (χ1) is 13.9. The first-order valence-corrected chi connectivity index (χ1v) is 9.06. The quantitative estimate of drug-likeness (QED) is 0.628. The van der Waals surface area contributed by atoms with Gasteiger partial charge >= 0.3 is 5.97 Å². The number of halogens is 1. The molecule has 7 nitrogen and oxygen atoms in total. The van der Waals surface area contributed by atoms with Crippen molar-refractivity contribution in [3.8, 4) is 5.75 Å². The fourth-order valence-electron chi connectivity index (χ4n) is 2.64. The molecular weight excluding hydrogens is 379 g/mol. The number of hydrogen-bond acceptors (Lipinski definition) is 5. The Morgan fingerprint density at radius 2 is 1.86 bits per heavy atom. The van der Waals surface area contributed by atoms with Crippen molar-refractivity contribution in [2.75, 3.05) is 20.3 Å². The van der Waals surface area contributed by atoms with E-state index in [1.54, 1.807) is 31.2 Å². The molecule has 0 aliphatic heterocycles. The Morgan fingerprint density at radius 1 is 1.10 bits per heavy atom. The van der Waals surface area contributed by atoms with Gasteiger partial charge in [0.05, 0.1) is 38.3 Å². The Bertz CT molecular complexity index is 872. The molecule has 2 amide bonds. The molecule has 0 aliphatic rings. The molecule has 2 rings (SSSR count). The number of rotatable bonds is 9. The van der Waals surface area contributed by atoms with Crippen LogP contribution in [0.4, 0.5) is 4.39 Å². The minimum atomic E-state index is -0.707. The van der Waals surface area contributed by atoms with Crippen LogP contribution in [-0.2, 0) is 14.3 Å². The molecule has 0 unspecified atom stereocenters. The Labute approximate surface area is 168 Å². The monoisotopic (exact) mass is 402 g/mol. The lowest BCUT2D eigenvalue weighted by Crippen LogP contribution is -2.39. The fourth-order valence-corrected chi connectivity index (χ4v) is 2.64. The fraction of sp³-hybridized carbons (Fsp3) is 0.286. The number of hydrogen-bond donors (Lipinski definition) is 2. The van der Waals surface area contributed by atoms with Gasteiger partial charge in [-0.05, 0) is 36.8 Å². The van der Waals surface area contributed by atoms with E-state index >= 15 is 0 Å². The Hall–Kier alpha value is -3.42. The number of nitrogens with one attached hydrogen (secondary N) is 2. The van der Waals surface area contributed by atoms with Gasteiger partial charge in [-0.25, -0.2) is 4.39 Å². The molecule has 0 bridgehead atoms. The Kier molecular flexibility index (Phi) is 8.14. The second-order valence-electron chi connectivity index (χ2n) is 6.07. The summed E-state index contributed by atoms with van der Waals surface area (Å²) in [6.07, 6.45) is -0.0893. The summed E-state index contributed by atoms with van der Waals surface area (Å²) in [5.41, 5.74) is 0.488. The molecule has 1 atom stereocenters. The van der Waals surface area contributed by atoms with E-state index in [0.29, 0.717) is 11.3 Å². The SMILES string of the molecule is CCOC(=O)C[C@@H](NC(=O)CNC(=O)c1ccccc1F)c1cccc(OC)c1. The highest BCUT2D eigenvalue weighted by Crippen LogP contribution is 2.22. The first kappa shape index (κ1) is 21.9. The molecule has 0 aliphatic carbocycles. The van der Waals surface area contributed by atoms with Crippen LogP contribution in [0.3, 0.4) is 0 Å². The normalized spacial score (nSPS) is 11.3. The molecule has 0 saturated carbocycles. The molecule has 2 aromatic carbocycles. The molecule has 8 heteroatoms. The summed E-state index contributed by atoms with van der Waals surface area (Å²) in [6, 6.07) is 11.7. The highest BCUT2D eigenvalue weighted by molar-refractivity contribution is 5.96. The van der Waals surface area contributed by atoms with E-state index in [1.807, 2.05) is 0 Å². The van der Waals surface area contributed by atoms with E-state index in [0.717, 1.165) is 6.07 Å². The van der Waals surface area contributed by atoms with Gasteiger partial charge < -0.3 is 20.1 Å². The van der Waals surface area contributed by atoms with Crippen molar-refractivity contribution in [1.82, 2.24) is 10.6 Å². The number of methoxy groups -OCH3 is 1. The zero-order chi connectivity index (χ0) is 21.2. The molecule has 0 spiro atoms. The topological polar surface area (TPSA) is 93.7 Å².